The first-order valence-corrected chi connectivity index (χ1v) is 7.29. The number of aromatic nitrogens is 2. The number of carbonyl (C=O) groups is 2. The van der Waals surface area contributed by atoms with Crippen LogP contribution in [0.5, 0.6) is 0 Å². The molecule has 2 aromatic heterocycles. The molecule has 0 aliphatic heterocycles. The molecule has 0 saturated carbocycles. The second-order valence-corrected chi connectivity index (χ2v) is 5.17. The van der Waals surface area contributed by atoms with E-state index >= 15 is 0 Å². The molecule has 0 saturated heterocycles. The van der Waals surface area contributed by atoms with E-state index in [2.05, 4.69) is 10.3 Å². The number of nitrogens with zero attached hydrogens (tertiary/aromatic N) is 2. The third-order valence-electron chi connectivity index (χ3n) is 3.45. The molecule has 0 bridgehead atoms. The van der Waals surface area contributed by atoms with Gasteiger partial charge in [-0.25, -0.2) is 4.39 Å². The van der Waals surface area contributed by atoms with Crippen LogP contribution in [0, 0.1) is 5.82 Å². The topological polar surface area (TPSA) is 64.0 Å². The number of hydrogen-bond donors (Lipinski definition) is 1. The van der Waals surface area contributed by atoms with Gasteiger partial charge in [0, 0.05) is 18.9 Å². The normalized spacial score (nSPS) is 10.4. The monoisotopic (exact) mass is 323 g/mol. The maximum absolute atomic E-state index is 13.0. The lowest BCUT2D eigenvalue weighted by Gasteiger charge is -2.09. The van der Waals surface area contributed by atoms with Crippen LogP contribution in [-0.4, -0.2) is 21.2 Å². The Morgan fingerprint density at radius 2 is 1.88 bits per heavy atom. The first-order chi connectivity index (χ1) is 11.6. The van der Waals surface area contributed by atoms with Crippen LogP contribution in [-0.2, 0) is 11.3 Å². The Kier molecular flexibility index (Phi) is 4.47. The van der Waals surface area contributed by atoms with Gasteiger partial charge in [0.15, 0.2) is 0 Å². The van der Waals surface area contributed by atoms with E-state index in [1.165, 1.54) is 18.3 Å². The van der Waals surface area contributed by atoms with Crippen molar-refractivity contribution in [1.82, 2.24) is 9.55 Å². The molecule has 3 rings (SSSR count). The fraction of sp³-hybridized carbons (Fsp3) is 0.0556. The van der Waals surface area contributed by atoms with Crippen molar-refractivity contribution in [1.29, 1.82) is 0 Å². The zero-order valence-electron chi connectivity index (χ0n) is 12.6. The number of Topliss-reactive ketones (excluding diaryl/α,β-unsaturated/α-hetero) is 1. The van der Waals surface area contributed by atoms with Gasteiger partial charge in [0.25, 0.3) is 11.7 Å². The molecule has 0 aliphatic rings. The molecule has 1 N–H and O–H groups in total. The molecule has 3 aromatic rings. The second kappa shape index (κ2) is 6.87. The average molecular weight is 323 g/mol. The van der Waals surface area contributed by atoms with Gasteiger partial charge in [0.1, 0.15) is 5.82 Å². The molecule has 1 amide bonds. The number of nitrogens with one attached hydrogen (secondary N) is 1. The molecule has 1 aromatic carbocycles. The number of hydrogen-bond acceptors (Lipinski definition) is 3. The van der Waals surface area contributed by atoms with Gasteiger partial charge in [0.05, 0.1) is 17.6 Å². The van der Waals surface area contributed by atoms with Crippen LogP contribution in [0.1, 0.15) is 16.1 Å². The van der Waals surface area contributed by atoms with E-state index in [-0.39, 0.29) is 11.5 Å². The highest BCUT2D eigenvalue weighted by Gasteiger charge is 2.19. The van der Waals surface area contributed by atoms with Gasteiger partial charge in [-0.1, -0.05) is 12.1 Å². The Balaban J connectivity index is 1.75. The number of amides is 1. The molecule has 0 spiro atoms. The summed E-state index contributed by atoms with van der Waals surface area (Å²) >= 11 is 0. The van der Waals surface area contributed by atoms with Crippen molar-refractivity contribution < 1.29 is 14.0 Å². The molecule has 0 radical (unpaired) electrons. The van der Waals surface area contributed by atoms with Gasteiger partial charge >= 0.3 is 0 Å². The zero-order chi connectivity index (χ0) is 16.9. The molecule has 24 heavy (non-hydrogen) atoms. The predicted molar refractivity (Wildman–Crippen MR) is 87.1 cm³/mol. The van der Waals surface area contributed by atoms with Crippen molar-refractivity contribution in [2.45, 2.75) is 6.54 Å². The largest absolute Gasteiger partial charge is 0.340 e. The SMILES string of the molecule is O=C(Nc1cccnc1)C(=O)c1cccn1Cc1ccc(F)cc1. The van der Waals surface area contributed by atoms with Crippen LogP contribution >= 0.6 is 0 Å². The fourth-order valence-corrected chi connectivity index (χ4v) is 2.29. The molecule has 2 heterocycles. The molecule has 120 valence electrons. The summed E-state index contributed by atoms with van der Waals surface area (Å²) in [5.74, 6) is -1.70. The predicted octanol–water partition coefficient (Wildman–Crippen LogP) is 2.89. The first kappa shape index (κ1) is 15.6. The molecule has 0 atom stereocenters. The van der Waals surface area contributed by atoms with E-state index in [1.54, 1.807) is 53.4 Å². The molecule has 5 nitrogen and oxygen atoms in total. The summed E-state index contributed by atoms with van der Waals surface area (Å²) in [4.78, 5) is 28.3. The van der Waals surface area contributed by atoms with Crippen molar-refractivity contribution in [3.63, 3.8) is 0 Å². The van der Waals surface area contributed by atoms with Gasteiger partial charge in [0.2, 0.25) is 0 Å². The van der Waals surface area contributed by atoms with Crippen LogP contribution in [0.3, 0.4) is 0 Å². The van der Waals surface area contributed by atoms with Gasteiger partial charge in [-0.2, -0.15) is 0 Å². The summed E-state index contributed by atoms with van der Waals surface area (Å²) in [6.07, 6.45) is 4.74. The standard InChI is InChI=1S/C18H14FN3O2/c19-14-7-5-13(6-8-14)12-22-10-2-4-16(22)17(23)18(24)21-15-3-1-9-20-11-15/h1-11H,12H2,(H,21,24). The summed E-state index contributed by atoms with van der Waals surface area (Å²) < 4.78 is 14.6. The van der Waals surface area contributed by atoms with E-state index in [4.69, 9.17) is 0 Å². The Hall–Kier alpha value is -3.28. The molecule has 0 aliphatic carbocycles. The number of rotatable bonds is 5. The molecule has 6 heteroatoms. The summed E-state index contributed by atoms with van der Waals surface area (Å²) in [7, 11) is 0. The Morgan fingerprint density at radius 3 is 2.58 bits per heavy atom. The van der Waals surface area contributed by atoms with Crippen molar-refractivity contribution in [3.05, 3.63) is 84.2 Å². The molecular weight excluding hydrogens is 309 g/mol. The summed E-state index contributed by atoms with van der Waals surface area (Å²) in [5.41, 5.74) is 1.54. The van der Waals surface area contributed by atoms with Gasteiger partial charge in [-0.05, 0) is 42.0 Å². The second-order valence-electron chi connectivity index (χ2n) is 5.17. The maximum Gasteiger partial charge on any atom is 0.298 e. The average Bonchev–Trinajstić information content (AvgIpc) is 3.05. The Bertz CT molecular complexity index is 857. The van der Waals surface area contributed by atoms with Gasteiger partial charge in [-0.15, -0.1) is 0 Å². The minimum atomic E-state index is -0.734. The lowest BCUT2D eigenvalue weighted by Crippen LogP contribution is -2.25. The third kappa shape index (κ3) is 3.55. The number of carbonyl (C=O) groups excluding carboxylic acids is 2. The summed E-state index contributed by atoms with van der Waals surface area (Å²) in [6.45, 7) is 0.370. The molecule has 0 fully saturated rings. The number of pyridine rings is 1. The van der Waals surface area contributed by atoms with E-state index in [0.29, 0.717) is 12.2 Å². The summed E-state index contributed by atoms with van der Waals surface area (Å²) in [5, 5.41) is 2.51. The van der Waals surface area contributed by atoms with Crippen LogP contribution in [0.15, 0.2) is 67.1 Å². The van der Waals surface area contributed by atoms with Crippen LogP contribution in [0.25, 0.3) is 0 Å². The highest BCUT2D eigenvalue weighted by Crippen LogP contribution is 2.11. The van der Waals surface area contributed by atoms with Gasteiger partial charge in [-0.3, -0.25) is 14.6 Å². The minimum Gasteiger partial charge on any atom is -0.340 e. The smallest absolute Gasteiger partial charge is 0.298 e. The molecular formula is C18H14FN3O2. The lowest BCUT2D eigenvalue weighted by atomic mass is 10.2. The maximum atomic E-state index is 13.0. The minimum absolute atomic E-state index is 0.265. The fourth-order valence-electron chi connectivity index (χ4n) is 2.29. The van der Waals surface area contributed by atoms with Crippen LogP contribution < -0.4 is 5.32 Å². The van der Waals surface area contributed by atoms with Crippen molar-refractivity contribution in [3.8, 4) is 0 Å². The molecule has 0 unspecified atom stereocenters. The highest BCUT2D eigenvalue weighted by atomic mass is 19.1. The first-order valence-electron chi connectivity index (χ1n) is 7.29. The van der Waals surface area contributed by atoms with Crippen molar-refractivity contribution in [2.75, 3.05) is 5.32 Å². The Labute approximate surface area is 137 Å². The van der Waals surface area contributed by atoms with Crippen LogP contribution in [0.4, 0.5) is 10.1 Å². The number of benzene rings is 1. The van der Waals surface area contributed by atoms with E-state index < -0.39 is 11.7 Å². The number of anilines is 1. The van der Waals surface area contributed by atoms with E-state index in [0.717, 1.165) is 5.56 Å². The van der Waals surface area contributed by atoms with Crippen LogP contribution in [0.2, 0.25) is 0 Å². The summed E-state index contributed by atoms with van der Waals surface area (Å²) in [6, 6.07) is 12.6. The zero-order valence-corrected chi connectivity index (χ0v) is 12.6. The number of ketones is 1. The van der Waals surface area contributed by atoms with Crippen molar-refractivity contribution >= 4 is 17.4 Å². The highest BCUT2D eigenvalue weighted by molar-refractivity contribution is 6.46. The van der Waals surface area contributed by atoms with E-state index in [9.17, 15) is 14.0 Å². The Morgan fingerprint density at radius 1 is 1.08 bits per heavy atom. The van der Waals surface area contributed by atoms with Gasteiger partial charge < -0.3 is 9.88 Å². The number of halogens is 1. The quantitative estimate of drug-likeness (QED) is 0.580. The van der Waals surface area contributed by atoms with Crippen molar-refractivity contribution in [2.24, 2.45) is 0 Å². The van der Waals surface area contributed by atoms with E-state index in [1.807, 2.05) is 0 Å². The lowest BCUT2D eigenvalue weighted by molar-refractivity contribution is -0.112. The third-order valence-corrected chi connectivity index (χ3v) is 3.45.